The normalized spacial score (nSPS) is 12.0. The van der Waals surface area contributed by atoms with Gasteiger partial charge in [-0.1, -0.05) is 6.07 Å². The van der Waals surface area contributed by atoms with Gasteiger partial charge in [-0.05, 0) is 51.1 Å². The number of sulfonamides is 1. The summed E-state index contributed by atoms with van der Waals surface area (Å²) in [5.74, 6) is -0.303. The van der Waals surface area contributed by atoms with Crippen molar-refractivity contribution in [2.45, 2.75) is 38.3 Å². The average molecular weight is 363 g/mol. The molecule has 2 rings (SSSR count). The van der Waals surface area contributed by atoms with Gasteiger partial charge in [0.25, 0.3) is 5.91 Å². The molecule has 136 valence electrons. The molecule has 0 bridgehead atoms. The highest BCUT2D eigenvalue weighted by Gasteiger charge is 2.23. The summed E-state index contributed by atoms with van der Waals surface area (Å²) in [7, 11) is -0.147. The summed E-state index contributed by atoms with van der Waals surface area (Å²) in [4.78, 5) is 12.5. The summed E-state index contributed by atoms with van der Waals surface area (Å²) in [6, 6.07) is 9.89. The van der Waals surface area contributed by atoms with Crippen molar-refractivity contribution in [3.63, 3.8) is 0 Å². The third-order valence-electron chi connectivity index (χ3n) is 4.41. The van der Waals surface area contributed by atoms with Gasteiger partial charge in [0.15, 0.2) is 0 Å². The summed E-state index contributed by atoms with van der Waals surface area (Å²) >= 11 is 0. The van der Waals surface area contributed by atoms with Gasteiger partial charge in [-0.2, -0.15) is 4.31 Å². The van der Waals surface area contributed by atoms with E-state index in [9.17, 15) is 13.2 Å². The summed E-state index contributed by atoms with van der Waals surface area (Å²) in [6.45, 7) is 5.98. The molecule has 1 N–H and O–H groups in total. The highest BCUT2D eigenvalue weighted by atomic mass is 32.2. The van der Waals surface area contributed by atoms with Crippen molar-refractivity contribution >= 4 is 15.9 Å². The third kappa shape index (κ3) is 4.11. The molecule has 1 heterocycles. The summed E-state index contributed by atoms with van der Waals surface area (Å²) in [6.07, 6.45) is 0. The zero-order valence-corrected chi connectivity index (χ0v) is 16.1. The number of hydrogen-bond donors (Lipinski definition) is 1. The van der Waals surface area contributed by atoms with Crippen LogP contribution in [0.4, 0.5) is 0 Å². The van der Waals surface area contributed by atoms with Crippen molar-refractivity contribution in [3.05, 3.63) is 53.3 Å². The van der Waals surface area contributed by atoms with Crippen LogP contribution in [0.15, 0.2) is 41.3 Å². The number of carbonyl (C=O) groups excluding carboxylic acids is 1. The number of carbonyl (C=O) groups is 1. The van der Waals surface area contributed by atoms with Crippen LogP contribution in [0.3, 0.4) is 0 Å². The molecule has 7 heteroatoms. The Hall–Kier alpha value is -2.12. The first-order valence-electron chi connectivity index (χ1n) is 8.12. The lowest BCUT2D eigenvalue weighted by atomic mass is 10.2. The van der Waals surface area contributed by atoms with Crippen molar-refractivity contribution in [1.82, 2.24) is 14.2 Å². The fourth-order valence-corrected chi connectivity index (χ4v) is 3.77. The predicted molar refractivity (Wildman–Crippen MR) is 97.8 cm³/mol. The molecule has 0 radical (unpaired) electrons. The number of amides is 1. The van der Waals surface area contributed by atoms with E-state index >= 15 is 0 Å². The van der Waals surface area contributed by atoms with E-state index in [1.165, 1.54) is 23.5 Å². The molecule has 0 fully saturated rings. The Morgan fingerprint density at radius 1 is 1.24 bits per heavy atom. The standard InChI is InChI=1S/C18H25N3O3S/c1-13(2)21(5)25(23,24)17-8-6-7-15(11-17)18(22)19-12-16-10-9-14(3)20(16)4/h6-11,13H,12H2,1-5H3,(H,19,22). The van der Waals surface area contributed by atoms with Crippen LogP contribution in [0.1, 0.15) is 35.6 Å². The molecule has 0 atom stereocenters. The number of hydrogen-bond acceptors (Lipinski definition) is 3. The fourth-order valence-electron chi connectivity index (χ4n) is 2.36. The highest BCUT2D eigenvalue weighted by molar-refractivity contribution is 7.89. The first-order chi connectivity index (χ1) is 11.6. The minimum absolute atomic E-state index is 0.117. The van der Waals surface area contributed by atoms with Gasteiger partial charge in [-0.25, -0.2) is 8.42 Å². The van der Waals surface area contributed by atoms with Crippen LogP contribution in [0.25, 0.3) is 0 Å². The Kier molecular flexibility index (Phi) is 5.69. The summed E-state index contributed by atoms with van der Waals surface area (Å²) < 4.78 is 28.4. The largest absolute Gasteiger partial charge is 0.350 e. The van der Waals surface area contributed by atoms with E-state index in [1.54, 1.807) is 26.0 Å². The molecule has 0 spiro atoms. The second kappa shape index (κ2) is 7.41. The molecular formula is C18H25N3O3S. The van der Waals surface area contributed by atoms with Gasteiger partial charge >= 0.3 is 0 Å². The molecule has 0 saturated heterocycles. The molecular weight excluding hydrogens is 338 g/mol. The minimum Gasteiger partial charge on any atom is -0.350 e. The molecule has 25 heavy (non-hydrogen) atoms. The quantitative estimate of drug-likeness (QED) is 0.856. The number of aryl methyl sites for hydroxylation is 1. The van der Waals surface area contributed by atoms with E-state index in [0.717, 1.165) is 11.4 Å². The third-order valence-corrected chi connectivity index (χ3v) is 6.44. The Morgan fingerprint density at radius 2 is 1.92 bits per heavy atom. The van der Waals surface area contributed by atoms with Gasteiger partial charge in [0.05, 0.1) is 11.4 Å². The number of benzene rings is 1. The van der Waals surface area contributed by atoms with E-state index in [1.807, 2.05) is 30.7 Å². The molecule has 0 aliphatic rings. The Balaban J connectivity index is 2.18. The molecule has 0 saturated carbocycles. The zero-order chi connectivity index (χ0) is 18.8. The Bertz CT molecular complexity index is 869. The van der Waals surface area contributed by atoms with Crippen LogP contribution in [-0.2, 0) is 23.6 Å². The second-order valence-electron chi connectivity index (χ2n) is 6.35. The van der Waals surface area contributed by atoms with E-state index in [0.29, 0.717) is 12.1 Å². The maximum Gasteiger partial charge on any atom is 0.251 e. The first kappa shape index (κ1) is 19.2. The number of nitrogens with one attached hydrogen (secondary N) is 1. The van der Waals surface area contributed by atoms with Crippen molar-refractivity contribution < 1.29 is 13.2 Å². The summed E-state index contributed by atoms with van der Waals surface area (Å²) in [5, 5.41) is 2.83. The Morgan fingerprint density at radius 3 is 2.48 bits per heavy atom. The van der Waals surface area contributed by atoms with Gasteiger partial charge in [0.1, 0.15) is 0 Å². The number of aromatic nitrogens is 1. The molecule has 2 aromatic rings. The van der Waals surface area contributed by atoms with Crippen molar-refractivity contribution in [3.8, 4) is 0 Å². The molecule has 1 aromatic carbocycles. The molecule has 1 amide bonds. The summed E-state index contributed by atoms with van der Waals surface area (Å²) in [5.41, 5.74) is 2.41. The van der Waals surface area contributed by atoms with Crippen LogP contribution in [0.2, 0.25) is 0 Å². The first-order valence-corrected chi connectivity index (χ1v) is 9.56. The highest BCUT2D eigenvalue weighted by Crippen LogP contribution is 2.18. The number of nitrogens with zero attached hydrogens (tertiary/aromatic N) is 2. The number of rotatable bonds is 6. The molecule has 0 unspecified atom stereocenters. The van der Waals surface area contributed by atoms with Crippen LogP contribution in [-0.4, -0.2) is 36.3 Å². The molecule has 1 aromatic heterocycles. The van der Waals surface area contributed by atoms with Crippen molar-refractivity contribution in [1.29, 1.82) is 0 Å². The van der Waals surface area contributed by atoms with Gasteiger partial charge in [0.2, 0.25) is 10.0 Å². The molecule has 6 nitrogen and oxygen atoms in total. The maximum absolute atomic E-state index is 12.6. The predicted octanol–water partition coefficient (Wildman–Crippen LogP) is 2.29. The van der Waals surface area contributed by atoms with Crippen molar-refractivity contribution in [2.75, 3.05) is 7.05 Å². The lowest BCUT2D eigenvalue weighted by Gasteiger charge is -2.21. The van der Waals surface area contributed by atoms with Crippen LogP contribution in [0, 0.1) is 6.92 Å². The van der Waals surface area contributed by atoms with Crippen LogP contribution >= 0.6 is 0 Å². The fraction of sp³-hybridized carbons (Fsp3) is 0.389. The maximum atomic E-state index is 12.6. The van der Waals surface area contributed by atoms with Crippen LogP contribution < -0.4 is 5.32 Å². The molecule has 0 aliphatic carbocycles. The lowest BCUT2D eigenvalue weighted by molar-refractivity contribution is 0.0950. The minimum atomic E-state index is -3.62. The average Bonchev–Trinajstić information content (AvgIpc) is 2.90. The SMILES string of the molecule is Cc1ccc(CNC(=O)c2cccc(S(=O)(=O)N(C)C(C)C)c2)n1C. The smallest absolute Gasteiger partial charge is 0.251 e. The van der Waals surface area contributed by atoms with Gasteiger partial charge in [-0.15, -0.1) is 0 Å². The van der Waals surface area contributed by atoms with Crippen molar-refractivity contribution in [2.24, 2.45) is 7.05 Å². The Labute approximate surface area is 149 Å². The second-order valence-corrected chi connectivity index (χ2v) is 8.35. The van der Waals surface area contributed by atoms with Gasteiger partial charge in [-0.3, -0.25) is 4.79 Å². The zero-order valence-electron chi connectivity index (χ0n) is 15.3. The van der Waals surface area contributed by atoms with Gasteiger partial charge < -0.3 is 9.88 Å². The van der Waals surface area contributed by atoms with E-state index in [4.69, 9.17) is 0 Å². The van der Waals surface area contributed by atoms with E-state index in [-0.39, 0.29) is 16.8 Å². The lowest BCUT2D eigenvalue weighted by Crippen LogP contribution is -2.33. The topological polar surface area (TPSA) is 71.4 Å². The van der Waals surface area contributed by atoms with E-state index < -0.39 is 10.0 Å². The van der Waals surface area contributed by atoms with E-state index in [2.05, 4.69) is 5.32 Å². The van der Waals surface area contributed by atoms with Gasteiger partial charge in [0, 0.05) is 37.1 Å². The monoisotopic (exact) mass is 363 g/mol. The van der Waals surface area contributed by atoms with Crippen LogP contribution in [0.5, 0.6) is 0 Å². The molecule has 0 aliphatic heterocycles.